The molecule has 1 aliphatic rings. The van der Waals surface area contributed by atoms with Crippen LogP contribution in [-0.2, 0) is 4.74 Å². The molecule has 0 spiro atoms. The van der Waals surface area contributed by atoms with Crippen molar-refractivity contribution in [2.24, 2.45) is 0 Å². The third-order valence-electron chi connectivity index (χ3n) is 3.49. The molecule has 2 amide bonds. The molecule has 0 atom stereocenters. The molecule has 0 unspecified atom stereocenters. The Bertz CT molecular complexity index is 656. The Kier molecular flexibility index (Phi) is 3.82. The van der Waals surface area contributed by atoms with Crippen LogP contribution in [-0.4, -0.2) is 60.2 Å². The molecular weight excluding hydrogens is 290 g/mol. The third-order valence-corrected chi connectivity index (χ3v) is 3.49. The second-order valence-electron chi connectivity index (χ2n) is 4.80. The van der Waals surface area contributed by atoms with Gasteiger partial charge in [-0.25, -0.2) is 4.79 Å². The zero-order valence-corrected chi connectivity index (χ0v) is 12.0. The predicted molar refractivity (Wildman–Crippen MR) is 74.1 cm³/mol. The summed E-state index contributed by atoms with van der Waals surface area (Å²) in [6.07, 6.45) is 1.14. The minimum Gasteiger partial charge on any atom is -0.461 e. The fraction of sp³-hybridized carbons (Fsp3) is 0.357. The molecule has 1 aliphatic heterocycles. The number of rotatable bonds is 2. The first-order valence-electron chi connectivity index (χ1n) is 6.82. The van der Waals surface area contributed by atoms with Gasteiger partial charge in [0.2, 0.25) is 5.76 Å². The average Bonchev–Trinajstić information content (AvgIpc) is 3.24. The normalized spacial score (nSPS) is 15.0. The van der Waals surface area contributed by atoms with Gasteiger partial charge in [0.25, 0.3) is 5.91 Å². The van der Waals surface area contributed by atoms with Crippen LogP contribution in [0.2, 0.25) is 0 Å². The van der Waals surface area contributed by atoms with Crippen molar-refractivity contribution in [2.45, 2.75) is 0 Å². The van der Waals surface area contributed by atoms with Crippen LogP contribution in [0.15, 0.2) is 33.4 Å². The van der Waals surface area contributed by atoms with Crippen molar-refractivity contribution < 1.29 is 23.3 Å². The molecule has 1 fully saturated rings. The molecule has 1 saturated heterocycles. The van der Waals surface area contributed by atoms with Crippen molar-refractivity contribution in [1.82, 2.24) is 15.0 Å². The Labute approximate surface area is 126 Å². The number of nitrogens with zero attached hydrogens (tertiary/aromatic N) is 3. The largest absolute Gasteiger partial charge is 0.461 e. The topological polar surface area (TPSA) is 89.0 Å². The van der Waals surface area contributed by atoms with Crippen LogP contribution in [0.3, 0.4) is 0 Å². The fourth-order valence-electron chi connectivity index (χ4n) is 2.29. The second-order valence-corrected chi connectivity index (χ2v) is 4.80. The van der Waals surface area contributed by atoms with Gasteiger partial charge in [0.1, 0.15) is 0 Å². The highest BCUT2D eigenvalue weighted by atomic mass is 16.5. The number of piperazine rings is 1. The summed E-state index contributed by atoms with van der Waals surface area (Å²) in [5.41, 5.74) is 0.220. The van der Waals surface area contributed by atoms with E-state index in [0.29, 0.717) is 37.7 Å². The number of carbonyl (C=O) groups is 2. The van der Waals surface area contributed by atoms with Crippen LogP contribution < -0.4 is 0 Å². The van der Waals surface area contributed by atoms with Gasteiger partial charge in [0.15, 0.2) is 11.5 Å². The molecule has 22 heavy (non-hydrogen) atoms. The summed E-state index contributed by atoms with van der Waals surface area (Å²) in [6, 6.07) is 5.00. The first kappa shape index (κ1) is 14.2. The molecule has 2 aromatic rings. The lowest BCUT2D eigenvalue weighted by Crippen LogP contribution is -2.50. The van der Waals surface area contributed by atoms with Crippen LogP contribution in [0.1, 0.15) is 10.5 Å². The number of aromatic nitrogens is 1. The highest BCUT2D eigenvalue weighted by molar-refractivity contribution is 5.93. The van der Waals surface area contributed by atoms with Gasteiger partial charge in [-0.2, -0.15) is 0 Å². The molecule has 8 heteroatoms. The number of amides is 2. The van der Waals surface area contributed by atoms with Crippen LogP contribution in [0.5, 0.6) is 0 Å². The molecule has 0 saturated carbocycles. The lowest BCUT2D eigenvalue weighted by molar-refractivity contribution is 0.0591. The van der Waals surface area contributed by atoms with Crippen molar-refractivity contribution in [1.29, 1.82) is 0 Å². The molecule has 8 nitrogen and oxygen atoms in total. The van der Waals surface area contributed by atoms with E-state index in [-0.39, 0.29) is 17.7 Å². The molecule has 0 N–H and O–H groups in total. The molecule has 0 aliphatic carbocycles. The second kappa shape index (κ2) is 5.92. The zero-order valence-electron chi connectivity index (χ0n) is 12.0. The van der Waals surface area contributed by atoms with Gasteiger partial charge >= 0.3 is 6.09 Å². The van der Waals surface area contributed by atoms with E-state index in [0.717, 1.165) is 0 Å². The molecule has 0 radical (unpaired) electrons. The van der Waals surface area contributed by atoms with Crippen LogP contribution in [0.4, 0.5) is 4.79 Å². The van der Waals surface area contributed by atoms with Crippen molar-refractivity contribution >= 4 is 12.0 Å². The maximum absolute atomic E-state index is 12.4. The quantitative estimate of drug-likeness (QED) is 0.834. The number of methoxy groups -OCH3 is 1. The van der Waals surface area contributed by atoms with E-state index >= 15 is 0 Å². The Balaban J connectivity index is 1.64. The van der Waals surface area contributed by atoms with Crippen molar-refractivity contribution in [3.8, 4) is 11.5 Å². The molecular formula is C14H15N3O5. The van der Waals surface area contributed by atoms with E-state index in [1.165, 1.54) is 13.4 Å². The highest BCUT2D eigenvalue weighted by Gasteiger charge is 2.27. The first-order valence-corrected chi connectivity index (χ1v) is 6.82. The third kappa shape index (κ3) is 2.67. The summed E-state index contributed by atoms with van der Waals surface area (Å²) >= 11 is 0. The number of furan rings is 1. The fourth-order valence-corrected chi connectivity index (χ4v) is 2.29. The summed E-state index contributed by atoms with van der Waals surface area (Å²) in [7, 11) is 1.34. The van der Waals surface area contributed by atoms with Gasteiger partial charge in [0.05, 0.1) is 13.4 Å². The minimum absolute atomic E-state index is 0.220. The monoisotopic (exact) mass is 305 g/mol. The molecule has 2 aromatic heterocycles. The lowest BCUT2D eigenvalue weighted by atomic mass is 10.2. The summed E-state index contributed by atoms with van der Waals surface area (Å²) < 4.78 is 15.0. The minimum atomic E-state index is -0.381. The Morgan fingerprint density at radius 1 is 1.18 bits per heavy atom. The van der Waals surface area contributed by atoms with Crippen LogP contribution in [0.25, 0.3) is 11.5 Å². The molecule has 3 rings (SSSR count). The molecule has 116 valence electrons. The number of hydrogen-bond donors (Lipinski definition) is 0. The maximum atomic E-state index is 12.4. The Morgan fingerprint density at radius 2 is 1.91 bits per heavy atom. The molecule has 0 aromatic carbocycles. The lowest BCUT2D eigenvalue weighted by Gasteiger charge is -2.33. The van der Waals surface area contributed by atoms with E-state index in [1.54, 1.807) is 28.0 Å². The van der Waals surface area contributed by atoms with Gasteiger partial charge < -0.3 is 23.5 Å². The summed E-state index contributed by atoms with van der Waals surface area (Å²) in [5.74, 6) is 0.690. The maximum Gasteiger partial charge on any atom is 0.409 e. The van der Waals surface area contributed by atoms with Crippen LogP contribution >= 0.6 is 0 Å². The van der Waals surface area contributed by atoms with E-state index in [1.807, 2.05) is 0 Å². The average molecular weight is 305 g/mol. The van der Waals surface area contributed by atoms with Gasteiger partial charge in [-0.15, -0.1) is 0 Å². The summed E-state index contributed by atoms with van der Waals surface area (Å²) in [6.45, 7) is 1.72. The number of hydrogen-bond acceptors (Lipinski definition) is 6. The van der Waals surface area contributed by atoms with Gasteiger partial charge in [0, 0.05) is 32.2 Å². The van der Waals surface area contributed by atoms with E-state index < -0.39 is 0 Å². The Morgan fingerprint density at radius 3 is 2.55 bits per heavy atom. The van der Waals surface area contributed by atoms with E-state index in [9.17, 15) is 9.59 Å². The summed E-state index contributed by atoms with van der Waals surface area (Å²) in [4.78, 5) is 27.0. The van der Waals surface area contributed by atoms with E-state index in [4.69, 9.17) is 8.94 Å². The van der Waals surface area contributed by atoms with E-state index in [2.05, 4.69) is 9.89 Å². The van der Waals surface area contributed by atoms with Gasteiger partial charge in [-0.05, 0) is 12.1 Å². The summed E-state index contributed by atoms with van der Waals surface area (Å²) in [5, 5.41) is 3.79. The van der Waals surface area contributed by atoms with Gasteiger partial charge in [-0.1, -0.05) is 5.16 Å². The van der Waals surface area contributed by atoms with Crippen LogP contribution in [0, 0.1) is 0 Å². The first-order chi connectivity index (χ1) is 10.7. The molecule has 3 heterocycles. The Hall–Kier alpha value is -2.77. The molecule has 0 bridgehead atoms. The zero-order chi connectivity index (χ0) is 15.5. The number of carbonyl (C=O) groups excluding carboxylic acids is 2. The van der Waals surface area contributed by atoms with Crippen molar-refractivity contribution in [2.75, 3.05) is 33.3 Å². The smallest absolute Gasteiger partial charge is 0.409 e. The highest BCUT2D eigenvalue weighted by Crippen LogP contribution is 2.21. The van der Waals surface area contributed by atoms with Crippen molar-refractivity contribution in [3.63, 3.8) is 0 Å². The van der Waals surface area contributed by atoms with Crippen molar-refractivity contribution in [3.05, 3.63) is 30.2 Å². The standard InChI is InChI=1S/C14H15N3O5/c1-20-14(19)17-6-4-16(5-7-17)13(18)10-9-12(22-15-10)11-3-2-8-21-11/h2-3,8-9H,4-7H2,1H3. The predicted octanol–water partition coefficient (Wildman–Crippen LogP) is 1.46. The SMILES string of the molecule is COC(=O)N1CCN(C(=O)c2cc(-c3ccco3)on2)CC1. The van der Waals surface area contributed by atoms with Gasteiger partial charge in [-0.3, -0.25) is 4.79 Å². The number of ether oxygens (including phenoxy) is 1.